The largest absolute Gasteiger partial charge is 0.369 e. The molecule has 1 heterocycles. The van der Waals surface area contributed by atoms with Gasteiger partial charge in [-0.2, -0.15) is 0 Å². The van der Waals surface area contributed by atoms with Gasteiger partial charge in [-0.1, -0.05) is 12.1 Å². The summed E-state index contributed by atoms with van der Waals surface area (Å²) in [6.45, 7) is 3.61. The number of amides is 1. The van der Waals surface area contributed by atoms with E-state index in [1.165, 1.54) is 4.88 Å². The molecule has 2 nitrogen and oxygen atoms in total. The molecule has 1 aromatic heterocycles. The molecule has 0 bridgehead atoms. The van der Waals surface area contributed by atoms with Crippen LogP contribution in [0.1, 0.15) is 11.3 Å². The van der Waals surface area contributed by atoms with Gasteiger partial charge in [-0.05, 0) is 24.3 Å². The minimum Gasteiger partial charge on any atom is -0.369 e. The predicted molar refractivity (Wildman–Crippen MR) is 55.5 cm³/mol. The van der Waals surface area contributed by atoms with Crippen molar-refractivity contribution in [1.82, 2.24) is 0 Å². The van der Waals surface area contributed by atoms with Gasteiger partial charge in [0, 0.05) is 10.8 Å². The monoisotopic (exact) mass is 195 g/mol. The lowest BCUT2D eigenvalue weighted by atomic mass is 10.00. The second kappa shape index (κ2) is 4.82. The minimum atomic E-state index is -0.242. The Labute approximate surface area is 82.1 Å². The Hall–Kier alpha value is -1.09. The average molecular weight is 195 g/mol. The Morgan fingerprint density at radius 2 is 2.54 bits per heavy atom. The van der Waals surface area contributed by atoms with E-state index in [1.54, 1.807) is 17.4 Å². The SMILES string of the molecule is C=CCC(Cc1cccs1)C(N)=O. The molecular formula is C10H13NOS. The van der Waals surface area contributed by atoms with Gasteiger partial charge in [0.05, 0.1) is 0 Å². The smallest absolute Gasteiger partial charge is 0.221 e. The fourth-order valence-corrected chi connectivity index (χ4v) is 1.96. The van der Waals surface area contributed by atoms with Crippen LogP contribution in [0.5, 0.6) is 0 Å². The molecule has 2 N–H and O–H groups in total. The van der Waals surface area contributed by atoms with Crippen LogP contribution < -0.4 is 5.73 Å². The lowest BCUT2D eigenvalue weighted by Gasteiger charge is -2.08. The Balaban J connectivity index is 2.57. The molecule has 0 radical (unpaired) electrons. The van der Waals surface area contributed by atoms with Crippen LogP contribution in [-0.2, 0) is 11.2 Å². The molecule has 0 aliphatic rings. The van der Waals surface area contributed by atoms with Crippen LogP contribution in [-0.4, -0.2) is 5.91 Å². The third kappa shape index (κ3) is 3.03. The normalized spacial score (nSPS) is 12.3. The molecule has 1 atom stereocenters. The molecule has 0 saturated carbocycles. The summed E-state index contributed by atoms with van der Waals surface area (Å²) in [5.74, 6) is -0.343. The zero-order valence-electron chi connectivity index (χ0n) is 7.40. The van der Waals surface area contributed by atoms with E-state index in [1.807, 2.05) is 17.5 Å². The lowest BCUT2D eigenvalue weighted by Crippen LogP contribution is -2.24. The van der Waals surface area contributed by atoms with E-state index in [0.717, 1.165) is 6.42 Å². The van der Waals surface area contributed by atoms with Crippen molar-refractivity contribution in [3.8, 4) is 0 Å². The summed E-state index contributed by atoms with van der Waals surface area (Å²) in [5, 5.41) is 2.00. The maximum Gasteiger partial charge on any atom is 0.221 e. The summed E-state index contributed by atoms with van der Waals surface area (Å²) in [5.41, 5.74) is 5.26. The van der Waals surface area contributed by atoms with Crippen molar-refractivity contribution in [3.63, 3.8) is 0 Å². The highest BCUT2D eigenvalue weighted by molar-refractivity contribution is 7.09. The second-order valence-electron chi connectivity index (χ2n) is 2.91. The molecule has 1 unspecified atom stereocenters. The molecule has 70 valence electrons. The highest BCUT2D eigenvalue weighted by Gasteiger charge is 2.14. The number of carbonyl (C=O) groups excluding carboxylic acids is 1. The van der Waals surface area contributed by atoms with Crippen molar-refractivity contribution in [1.29, 1.82) is 0 Å². The van der Waals surface area contributed by atoms with Gasteiger partial charge >= 0.3 is 0 Å². The number of rotatable bonds is 5. The quantitative estimate of drug-likeness (QED) is 0.717. The summed E-state index contributed by atoms with van der Waals surface area (Å²) in [7, 11) is 0. The molecule has 0 aliphatic carbocycles. The Kier molecular flexibility index (Phi) is 3.71. The van der Waals surface area contributed by atoms with Crippen molar-refractivity contribution < 1.29 is 4.79 Å². The molecule has 3 heteroatoms. The van der Waals surface area contributed by atoms with Crippen LogP contribution >= 0.6 is 11.3 Å². The zero-order valence-corrected chi connectivity index (χ0v) is 8.22. The predicted octanol–water partition coefficient (Wildman–Crippen LogP) is 1.97. The van der Waals surface area contributed by atoms with Crippen molar-refractivity contribution in [2.45, 2.75) is 12.8 Å². The molecular weight excluding hydrogens is 182 g/mol. The average Bonchev–Trinajstić information content (AvgIpc) is 2.56. The number of allylic oxidation sites excluding steroid dienone is 1. The van der Waals surface area contributed by atoms with E-state index in [-0.39, 0.29) is 11.8 Å². The Bertz CT molecular complexity index is 279. The lowest BCUT2D eigenvalue weighted by molar-refractivity contribution is -0.121. The molecule has 0 aromatic carbocycles. The third-order valence-electron chi connectivity index (χ3n) is 1.88. The molecule has 0 saturated heterocycles. The topological polar surface area (TPSA) is 43.1 Å². The zero-order chi connectivity index (χ0) is 9.68. The van der Waals surface area contributed by atoms with E-state index >= 15 is 0 Å². The fourth-order valence-electron chi connectivity index (χ4n) is 1.17. The summed E-state index contributed by atoms with van der Waals surface area (Å²) in [4.78, 5) is 12.2. The summed E-state index contributed by atoms with van der Waals surface area (Å²) < 4.78 is 0. The fraction of sp³-hybridized carbons (Fsp3) is 0.300. The minimum absolute atomic E-state index is 0.101. The Morgan fingerprint density at radius 3 is 3.00 bits per heavy atom. The molecule has 0 spiro atoms. The van der Waals surface area contributed by atoms with Gasteiger partial charge in [0.15, 0.2) is 0 Å². The molecule has 1 rings (SSSR count). The van der Waals surface area contributed by atoms with Gasteiger partial charge in [-0.25, -0.2) is 0 Å². The van der Waals surface area contributed by atoms with Gasteiger partial charge < -0.3 is 5.73 Å². The highest BCUT2D eigenvalue weighted by atomic mass is 32.1. The van der Waals surface area contributed by atoms with Crippen LogP contribution in [0.4, 0.5) is 0 Å². The maximum atomic E-state index is 11.0. The maximum absolute atomic E-state index is 11.0. The molecule has 13 heavy (non-hydrogen) atoms. The first kappa shape index (κ1) is 9.99. The summed E-state index contributed by atoms with van der Waals surface area (Å²) in [6.07, 6.45) is 3.13. The van der Waals surface area contributed by atoms with E-state index in [2.05, 4.69) is 6.58 Å². The molecule has 1 amide bonds. The van der Waals surface area contributed by atoms with Crippen LogP contribution in [0, 0.1) is 5.92 Å². The van der Waals surface area contributed by atoms with Crippen molar-refractivity contribution >= 4 is 17.2 Å². The van der Waals surface area contributed by atoms with E-state index < -0.39 is 0 Å². The third-order valence-corrected chi connectivity index (χ3v) is 2.78. The van der Waals surface area contributed by atoms with Crippen molar-refractivity contribution in [3.05, 3.63) is 35.0 Å². The van der Waals surface area contributed by atoms with Crippen LogP contribution in [0.2, 0.25) is 0 Å². The number of carbonyl (C=O) groups is 1. The number of hydrogen-bond donors (Lipinski definition) is 1. The number of hydrogen-bond acceptors (Lipinski definition) is 2. The second-order valence-corrected chi connectivity index (χ2v) is 3.94. The van der Waals surface area contributed by atoms with Gasteiger partial charge in [-0.3, -0.25) is 4.79 Å². The van der Waals surface area contributed by atoms with Gasteiger partial charge in [0.25, 0.3) is 0 Å². The van der Waals surface area contributed by atoms with E-state index in [4.69, 9.17) is 5.73 Å². The van der Waals surface area contributed by atoms with E-state index in [0.29, 0.717) is 6.42 Å². The van der Waals surface area contributed by atoms with Crippen molar-refractivity contribution in [2.75, 3.05) is 0 Å². The highest BCUT2D eigenvalue weighted by Crippen LogP contribution is 2.16. The molecule has 0 fully saturated rings. The van der Waals surface area contributed by atoms with Crippen LogP contribution in [0.25, 0.3) is 0 Å². The first-order chi connectivity index (χ1) is 6.24. The summed E-state index contributed by atoms with van der Waals surface area (Å²) >= 11 is 1.65. The molecule has 0 aliphatic heterocycles. The Morgan fingerprint density at radius 1 is 1.77 bits per heavy atom. The first-order valence-corrected chi connectivity index (χ1v) is 5.04. The first-order valence-electron chi connectivity index (χ1n) is 4.16. The number of nitrogens with two attached hydrogens (primary N) is 1. The van der Waals surface area contributed by atoms with Gasteiger partial charge in [-0.15, -0.1) is 17.9 Å². The van der Waals surface area contributed by atoms with E-state index in [9.17, 15) is 4.79 Å². The summed E-state index contributed by atoms with van der Waals surface area (Å²) in [6, 6.07) is 4.00. The number of thiophene rings is 1. The standard InChI is InChI=1S/C10H13NOS/c1-2-4-8(10(11)12)7-9-5-3-6-13-9/h2-3,5-6,8H,1,4,7H2,(H2,11,12). The van der Waals surface area contributed by atoms with Crippen molar-refractivity contribution in [2.24, 2.45) is 11.7 Å². The van der Waals surface area contributed by atoms with Gasteiger partial charge in [0.2, 0.25) is 5.91 Å². The van der Waals surface area contributed by atoms with Gasteiger partial charge in [0.1, 0.15) is 0 Å². The number of primary amides is 1. The molecule has 1 aromatic rings. The van der Waals surface area contributed by atoms with Crippen LogP contribution in [0.3, 0.4) is 0 Å². The van der Waals surface area contributed by atoms with Crippen LogP contribution in [0.15, 0.2) is 30.2 Å².